The fourth-order valence-corrected chi connectivity index (χ4v) is 2.03. The Morgan fingerprint density at radius 3 is 2.85 bits per heavy atom. The summed E-state index contributed by atoms with van der Waals surface area (Å²) in [5.41, 5.74) is 0. The van der Waals surface area contributed by atoms with Crippen molar-refractivity contribution in [1.29, 1.82) is 0 Å². The van der Waals surface area contributed by atoms with Gasteiger partial charge in [0.1, 0.15) is 0 Å². The third kappa shape index (κ3) is 2.93. The fraction of sp³-hybridized carbons (Fsp3) is 1.00. The van der Waals surface area contributed by atoms with Gasteiger partial charge in [-0.2, -0.15) is 0 Å². The highest BCUT2D eigenvalue weighted by Crippen LogP contribution is 2.14. The largest absolute Gasteiger partial charge is 0.383 e. The number of hydrogen-bond donors (Lipinski definition) is 1. The van der Waals surface area contributed by atoms with Crippen molar-refractivity contribution in [3.05, 3.63) is 0 Å². The number of hydrogen-bond acceptors (Lipinski definition) is 3. The Kier molecular flexibility index (Phi) is 4.70. The molecule has 2 atom stereocenters. The highest BCUT2D eigenvalue weighted by Gasteiger charge is 2.25. The quantitative estimate of drug-likeness (QED) is 0.684. The van der Waals surface area contributed by atoms with Crippen LogP contribution in [0, 0.1) is 0 Å². The fourth-order valence-electron chi connectivity index (χ4n) is 2.03. The van der Waals surface area contributed by atoms with Crippen LogP contribution in [0.25, 0.3) is 0 Å². The third-order valence-corrected chi connectivity index (χ3v) is 2.97. The molecule has 0 amide bonds. The number of nitrogens with one attached hydrogen (secondary N) is 1. The number of ether oxygens (including phenoxy) is 1. The van der Waals surface area contributed by atoms with Gasteiger partial charge in [0.05, 0.1) is 6.61 Å². The lowest BCUT2D eigenvalue weighted by atomic mass is 10.2. The van der Waals surface area contributed by atoms with Crippen LogP contribution in [0.1, 0.15) is 19.8 Å². The molecule has 1 rings (SSSR count). The Labute approximate surface area is 81.4 Å². The van der Waals surface area contributed by atoms with Gasteiger partial charge in [0.15, 0.2) is 0 Å². The van der Waals surface area contributed by atoms with Crippen molar-refractivity contribution in [3.63, 3.8) is 0 Å². The zero-order valence-electron chi connectivity index (χ0n) is 9.05. The number of methoxy groups -OCH3 is 1. The summed E-state index contributed by atoms with van der Waals surface area (Å²) in [6, 6.07) is 1.30. The van der Waals surface area contributed by atoms with Crippen LogP contribution in [0.4, 0.5) is 0 Å². The molecule has 0 aromatic carbocycles. The lowest BCUT2D eigenvalue weighted by Crippen LogP contribution is -2.38. The predicted molar refractivity (Wildman–Crippen MR) is 55.0 cm³/mol. The van der Waals surface area contributed by atoms with Gasteiger partial charge in [-0.15, -0.1) is 0 Å². The van der Waals surface area contributed by atoms with Gasteiger partial charge >= 0.3 is 0 Å². The summed E-state index contributed by atoms with van der Waals surface area (Å²) in [6.45, 7) is 5.50. The van der Waals surface area contributed by atoms with Crippen molar-refractivity contribution >= 4 is 0 Å². The number of likely N-dealkylation sites (N-methyl/N-ethyl adjacent to an activating group) is 1. The molecule has 0 aromatic heterocycles. The number of nitrogens with zero attached hydrogens (tertiary/aromatic N) is 1. The smallest absolute Gasteiger partial charge is 0.0617 e. The van der Waals surface area contributed by atoms with E-state index >= 15 is 0 Å². The van der Waals surface area contributed by atoms with Crippen LogP contribution in [0.2, 0.25) is 0 Å². The van der Waals surface area contributed by atoms with Gasteiger partial charge in [0.2, 0.25) is 0 Å². The minimum atomic E-state index is 0.614. The number of likely N-dealkylation sites (tertiary alicyclic amines) is 1. The van der Waals surface area contributed by atoms with E-state index in [1.807, 2.05) is 7.05 Å². The molecule has 78 valence electrons. The maximum absolute atomic E-state index is 5.21. The van der Waals surface area contributed by atoms with E-state index in [9.17, 15) is 0 Å². The monoisotopic (exact) mass is 186 g/mol. The van der Waals surface area contributed by atoms with Crippen molar-refractivity contribution in [1.82, 2.24) is 10.2 Å². The van der Waals surface area contributed by atoms with Gasteiger partial charge in [-0.1, -0.05) is 6.92 Å². The second kappa shape index (κ2) is 5.58. The first kappa shape index (κ1) is 11.0. The van der Waals surface area contributed by atoms with Gasteiger partial charge in [0, 0.05) is 32.3 Å². The summed E-state index contributed by atoms with van der Waals surface area (Å²) in [5, 5.41) is 3.33. The predicted octanol–water partition coefficient (Wildman–Crippen LogP) is 0.705. The van der Waals surface area contributed by atoms with Crippen LogP contribution < -0.4 is 5.32 Å². The van der Waals surface area contributed by atoms with Crippen molar-refractivity contribution in [2.75, 3.05) is 33.9 Å². The van der Waals surface area contributed by atoms with Gasteiger partial charge in [-0.3, -0.25) is 4.90 Å². The molecule has 0 bridgehead atoms. The molecular formula is C10H22N2O. The van der Waals surface area contributed by atoms with Crippen molar-refractivity contribution in [3.8, 4) is 0 Å². The zero-order valence-corrected chi connectivity index (χ0v) is 9.05. The summed E-state index contributed by atoms with van der Waals surface area (Å²) >= 11 is 0. The van der Waals surface area contributed by atoms with E-state index in [1.54, 1.807) is 7.11 Å². The van der Waals surface area contributed by atoms with Crippen LogP contribution in [0.15, 0.2) is 0 Å². The van der Waals surface area contributed by atoms with Crippen molar-refractivity contribution in [2.45, 2.75) is 31.8 Å². The molecule has 0 spiro atoms. The van der Waals surface area contributed by atoms with E-state index in [4.69, 9.17) is 4.74 Å². The molecule has 1 heterocycles. The van der Waals surface area contributed by atoms with Gasteiger partial charge in [-0.25, -0.2) is 0 Å². The first-order chi connectivity index (χ1) is 6.31. The molecule has 1 N–H and O–H groups in total. The molecule has 1 aliphatic rings. The Hall–Kier alpha value is -0.120. The van der Waals surface area contributed by atoms with Crippen LogP contribution >= 0.6 is 0 Å². The highest BCUT2D eigenvalue weighted by molar-refractivity contribution is 4.83. The van der Waals surface area contributed by atoms with Crippen LogP contribution in [0.5, 0.6) is 0 Å². The molecule has 3 nitrogen and oxygen atoms in total. The summed E-state index contributed by atoms with van der Waals surface area (Å²) in [4.78, 5) is 2.53. The Morgan fingerprint density at radius 2 is 2.38 bits per heavy atom. The van der Waals surface area contributed by atoms with Crippen molar-refractivity contribution in [2.24, 2.45) is 0 Å². The molecule has 2 unspecified atom stereocenters. The molecule has 1 saturated heterocycles. The van der Waals surface area contributed by atoms with E-state index in [1.165, 1.54) is 25.9 Å². The van der Waals surface area contributed by atoms with Crippen LogP contribution in [-0.2, 0) is 4.74 Å². The lowest BCUT2D eigenvalue weighted by Gasteiger charge is -2.26. The van der Waals surface area contributed by atoms with Gasteiger partial charge < -0.3 is 10.1 Å². The Bertz CT molecular complexity index is 141. The molecule has 0 saturated carbocycles. The third-order valence-electron chi connectivity index (χ3n) is 2.97. The first-order valence-electron chi connectivity index (χ1n) is 5.22. The maximum Gasteiger partial charge on any atom is 0.0617 e. The Morgan fingerprint density at radius 1 is 1.62 bits per heavy atom. The van der Waals surface area contributed by atoms with Gasteiger partial charge in [0.25, 0.3) is 0 Å². The summed E-state index contributed by atoms with van der Waals surface area (Å²) in [7, 11) is 3.83. The lowest BCUT2D eigenvalue weighted by molar-refractivity contribution is 0.102. The van der Waals surface area contributed by atoms with E-state index < -0.39 is 0 Å². The van der Waals surface area contributed by atoms with E-state index in [2.05, 4.69) is 17.1 Å². The molecule has 1 fully saturated rings. The Balaban J connectivity index is 2.33. The number of rotatable bonds is 5. The molecular weight excluding hydrogens is 164 g/mol. The standard InChI is InChI=1S/C10H22N2O/c1-4-10(8-13-3)12-6-5-9(7-12)11-2/h9-11H,4-8H2,1-3H3. The van der Waals surface area contributed by atoms with Crippen LogP contribution in [0.3, 0.4) is 0 Å². The minimum Gasteiger partial charge on any atom is -0.383 e. The second-order valence-electron chi connectivity index (χ2n) is 3.79. The first-order valence-corrected chi connectivity index (χ1v) is 5.22. The van der Waals surface area contributed by atoms with Gasteiger partial charge in [-0.05, 0) is 19.9 Å². The molecule has 0 radical (unpaired) electrons. The van der Waals surface area contributed by atoms with E-state index in [-0.39, 0.29) is 0 Å². The maximum atomic E-state index is 5.21. The summed E-state index contributed by atoms with van der Waals surface area (Å²) in [6.07, 6.45) is 2.46. The average Bonchev–Trinajstić information content (AvgIpc) is 2.62. The summed E-state index contributed by atoms with van der Waals surface area (Å²) in [5.74, 6) is 0. The normalized spacial score (nSPS) is 26.5. The molecule has 0 aromatic rings. The molecule has 13 heavy (non-hydrogen) atoms. The van der Waals surface area contributed by atoms with Crippen molar-refractivity contribution < 1.29 is 4.74 Å². The molecule has 1 aliphatic heterocycles. The topological polar surface area (TPSA) is 24.5 Å². The molecule has 3 heteroatoms. The molecule has 0 aliphatic carbocycles. The highest BCUT2D eigenvalue weighted by atomic mass is 16.5. The average molecular weight is 186 g/mol. The summed E-state index contributed by atoms with van der Waals surface area (Å²) < 4.78 is 5.21. The SMILES string of the molecule is CCC(COC)N1CCC(NC)C1. The van der Waals surface area contributed by atoms with E-state index in [0.29, 0.717) is 12.1 Å². The van der Waals surface area contributed by atoms with E-state index in [0.717, 1.165) is 6.61 Å². The second-order valence-corrected chi connectivity index (χ2v) is 3.79. The zero-order chi connectivity index (χ0) is 9.68. The van der Waals surface area contributed by atoms with Crippen LogP contribution in [-0.4, -0.2) is 50.8 Å². The minimum absolute atomic E-state index is 0.614.